The van der Waals surface area contributed by atoms with Crippen molar-refractivity contribution >= 4 is 11.6 Å². The molecule has 34 heavy (non-hydrogen) atoms. The van der Waals surface area contributed by atoms with E-state index in [1.165, 1.54) is 77.2 Å². The van der Waals surface area contributed by atoms with Crippen LogP contribution in [0.1, 0.15) is 112 Å². The number of hydrogen-bond acceptors (Lipinski definition) is 2. The van der Waals surface area contributed by atoms with Crippen LogP contribution in [-0.4, -0.2) is 54.4 Å². The van der Waals surface area contributed by atoms with E-state index in [9.17, 15) is 0 Å². The summed E-state index contributed by atoms with van der Waals surface area (Å²) in [4.78, 5) is 5.23. The largest absolute Gasteiger partial charge is 0.304 e. The van der Waals surface area contributed by atoms with E-state index >= 15 is 0 Å². The smallest absolute Gasteiger partial charge is 0.0307 e. The summed E-state index contributed by atoms with van der Waals surface area (Å²) in [5.74, 6) is 4.75. The van der Waals surface area contributed by atoms with Gasteiger partial charge in [0.2, 0.25) is 0 Å². The van der Waals surface area contributed by atoms with Crippen molar-refractivity contribution in [2.75, 3.05) is 27.7 Å². The quantitative estimate of drug-likeness (QED) is 0.249. The lowest BCUT2D eigenvalue weighted by atomic mass is 9.44. The van der Waals surface area contributed by atoms with Crippen molar-refractivity contribution < 1.29 is 0 Å². The topological polar surface area (TPSA) is 6.48 Å². The first-order valence-corrected chi connectivity index (χ1v) is 15.4. The summed E-state index contributed by atoms with van der Waals surface area (Å²) in [5.41, 5.74) is 1.46. The Kier molecular flexibility index (Phi) is 8.15. The molecule has 0 aromatic heterocycles. The number of hydrogen-bond donors (Lipinski definition) is 0. The van der Waals surface area contributed by atoms with Crippen LogP contribution in [-0.2, 0) is 0 Å². The zero-order valence-corrected chi connectivity index (χ0v) is 24.8. The summed E-state index contributed by atoms with van der Waals surface area (Å²) in [6, 6.07) is 0.814. The highest BCUT2D eigenvalue weighted by Crippen LogP contribution is 2.68. The van der Waals surface area contributed by atoms with Gasteiger partial charge in [0.15, 0.2) is 0 Å². The fourth-order valence-electron chi connectivity index (χ4n) is 10.1. The molecule has 0 aliphatic heterocycles. The van der Waals surface area contributed by atoms with Crippen LogP contribution >= 0.6 is 11.6 Å². The molecule has 3 heteroatoms. The molecule has 0 radical (unpaired) electrons. The van der Waals surface area contributed by atoms with Gasteiger partial charge in [-0.05, 0) is 160 Å². The molecule has 0 saturated heterocycles. The molecule has 4 saturated carbocycles. The van der Waals surface area contributed by atoms with E-state index in [0.717, 1.165) is 42.1 Å². The van der Waals surface area contributed by atoms with Gasteiger partial charge in [-0.1, -0.05) is 20.3 Å². The lowest BCUT2D eigenvalue weighted by molar-refractivity contribution is -0.128. The number of unbranched alkanes of at least 4 members (excludes halogenated alkanes) is 1. The van der Waals surface area contributed by atoms with Gasteiger partial charge in [0.1, 0.15) is 0 Å². The standard InChI is InChI=1S/C31H57ClN2/c1-22(32)11-9-10-20-34(8)24-16-18-30(4)23(21-24)12-13-25-26-14-15-28(29(2,3)33(6)7)31(26,5)19-17-27(25)30/h22-28H,9-21H2,1-8H3/t22?,23-,24?,25-,26-,27-,28?,30-,31-/m0/s1. The fourth-order valence-corrected chi connectivity index (χ4v) is 10.2. The summed E-state index contributed by atoms with van der Waals surface area (Å²) in [6.45, 7) is 13.9. The second-order valence-corrected chi connectivity index (χ2v) is 15.3. The van der Waals surface area contributed by atoms with Gasteiger partial charge in [0, 0.05) is 17.0 Å². The molecule has 2 nitrogen and oxygen atoms in total. The Bertz CT molecular complexity index is 689. The minimum absolute atomic E-state index is 0.307. The molecule has 4 aliphatic carbocycles. The van der Waals surface area contributed by atoms with Gasteiger partial charge in [-0.25, -0.2) is 0 Å². The number of halogens is 1. The van der Waals surface area contributed by atoms with Crippen molar-refractivity contribution in [3.8, 4) is 0 Å². The highest BCUT2D eigenvalue weighted by molar-refractivity contribution is 6.20. The predicted molar refractivity (Wildman–Crippen MR) is 149 cm³/mol. The van der Waals surface area contributed by atoms with Gasteiger partial charge in [-0.3, -0.25) is 0 Å². The molecule has 0 bridgehead atoms. The third kappa shape index (κ3) is 4.76. The van der Waals surface area contributed by atoms with Crippen molar-refractivity contribution in [1.29, 1.82) is 0 Å². The van der Waals surface area contributed by atoms with Crippen molar-refractivity contribution in [3.05, 3.63) is 0 Å². The summed E-state index contributed by atoms with van der Waals surface area (Å²) in [5, 5.41) is 0.331. The van der Waals surface area contributed by atoms with E-state index in [2.05, 4.69) is 65.6 Å². The molecule has 0 heterocycles. The maximum Gasteiger partial charge on any atom is 0.0307 e. The van der Waals surface area contributed by atoms with E-state index < -0.39 is 0 Å². The van der Waals surface area contributed by atoms with E-state index in [1.54, 1.807) is 0 Å². The Morgan fingerprint density at radius 3 is 2.24 bits per heavy atom. The second-order valence-electron chi connectivity index (χ2n) is 14.6. The van der Waals surface area contributed by atoms with E-state index in [0.29, 0.717) is 21.7 Å². The first kappa shape index (κ1) is 27.3. The lowest BCUT2D eigenvalue weighted by Crippen LogP contribution is -2.57. The molecule has 9 atom stereocenters. The van der Waals surface area contributed by atoms with Crippen LogP contribution < -0.4 is 0 Å². The Morgan fingerprint density at radius 1 is 0.882 bits per heavy atom. The normalized spacial score (nSPS) is 43.5. The van der Waals surface area contributed by atoms with Gasteiger partial charge in [-0.15, -0.1) is 11.6 Å². The zero-order chi connectivity index (χ0) is 24.9. The van der Waals surface area contributed by atoms with Crippen LogP contribution in [0.4, 0.5) is 0 Å². The molecular weight excluding hydrogens is 436 g/mol. The van der Waals surface area contributed by atoms with Crippen molar-refractivity contribution in [1.82, 2.24) is 9.80 Å². The monoisotopic (exact) mass is 492 g/mol. The molecule has 3 unspecified atom stereocenters. The van der Waals surface area contributed by atoms with Gasteiger partial charge in [0.25, 0.3) is 0 Å². The third-order valence-electron chi connectivity index (χ3n) is 12.6. The molecule has 0 aromatic rings. The average Bonchev–Trinajstić information content (AvgIpc) is 3.13. The van der Waals surface area contributed by atoms with Crippen LogP contribution in [0.25, 0.3) is 0 Å². The van der Waals surface area contributed by atoms with Crippen LogP contribution in [0.15, 0.2) is 0 Å². The van der Waals surface area contributed by atoms with E-state index in [4.69, 9.17) is 11.6 Å². The van der Waals surface area contributed by atoms with Crippen LogP contribution in [0, 0.1) is 40.4 Å². The SMILES string of the molecule is CC(Cl)CCCCN(C)C1CC[C@@]2(C)[C@@H](CC[C@@H]3[C@@H]2CC[C@]2(C)C(C(C)(C)N(C)C)CC[C@@H]32)C1. The number of rotatable bonds is 8. The number of nitrogens with zero attached hydrogens (tertiary/aromatic N) is 2. The number of alkyl halides is 1. The highest BCUT2D eigenvalue weighted by atomic mass is 35.5. The first-order valence-electron chi connectivity index (χ1n) is 14.9. The Morgan fingerprint density at radius 2 is 1.56 bits per heavy atom. The molecule has 4 aliphatic rings. The van der Waals surface area contributed by atoms with E-state index in [-0.39, 0.29) is 0 Å². The molecule has 0 N–H and O–H groups in total. The molecule has 0 aromatic carbocycles. The van der Waals surface area contributed by atoms with Crippen LogP contribution in [0.3, 0.4) is 0 Å². The molecule has 4 fully saturated rings. The third-order valence-corrected chi connectivity index (χ3v) is 12.8. The van der Waals surface area contributed by atoms with Gasteiger partial charge in [0.05, 0.1) is 0 Å². The molecule has 4 rings (SSSR count). The fraction of sp³-hybridized carbons (Fsp3) is 1.00. The number of fused-ring (bicyclic) bond motifs is 5. The average molecular weight is 493 g/mol. The molecule has 198 valence electrons. The van der Waals surface area contributed by atoms with Crippen molar-refractivity contribution in [2.45, 2.75) is 129 Å². The van der Waals surface area contributed by atoms with Gasteiger partial charge >= 0.3 is 0 Å². The van der Waals surface area contributed by atoms with Crippen LogP contribution in [0.5, 0.6) is 0 Å². The Hall–Kier alpha value is 0.210. The minimum Gasteiger partial charge on any atom is -0.304 e. The van der Waals surface area contributed by atoms with Gasteiger partial charge in [-0.2, -0.15) is 0 Å². The lowest BCUT2D eigenvalue weighted by Gasteiger charge is -2.62. The summed E-state index contributed by atoms with van der Waals surface area (Å²) in [7, 11) is 7.02. The van der Waals surface area contributed by atoms with Crippen molar-refractivity contribution in [2.24, 2.45) is 40.4 Å². The first-order chi connectivity index (χ1) is 15.9. The minimum atomic E-state index is 0.307. The van der Waals surface area contributed by atoms with Gasteiger partial charge < -0.3 is 9.80 Å². The van der Waals surface area contributed by atoms with Crippen molar-refractivity contribution in [3.63, 3.8) is 0 Å². The molecular formula is C31H57ClN2. The summed E-state index contributed by atoms with van der Waals surface area (Å²) >= 11 is 6.16. The van der Waals surface area contributed by atoms with E-state index in [1.807, 2.05) is 0 Å². The highest BCUT2D eigenvalue weighted by Gasteiger charge is 2.62. The summed E-state index contributed by atoms with van der Waals surface area (Å²) < 4.78 is 0. The Labute approximate surface area is 217 Å². The molecule has 0 amide bonds. The Balaban J connectivity index is 1.40. The zero-order valence-electron chi connectivity index (χ0n) is 24.0. The summed E-state index contributed by atoms with van der Waals surface area (Å²) in [6.07, 6.45) is 17.0. The van der Waals surface area contributed by atoms with Crippen LogP contribution in [0.2, 0.25) is 0 Å². The molecule has 0 spiro atoms. The maximum absolute atomic E-state index is 6.16. The second kappa shape index (κ2) is 10.2. The maximum atomic E-state index is 6.16. The predicted octanol–water partition coefficient (Wildman–Crippen LogP) is 8.08.